The maximum atomic E-state index is 14.2. The average molecular weight is 392 g/mol. The van der Waals surface area contributed by atoms with Crippen LogP contribution in [-0.4, -0.2) is 39.5 Å². The second-order valence-corrected chi connectivity index (χ2v) is 5.35. The Morgan fingerprint density at radius 3 is 2.26 bits per heavy atom. The molecule has 0 amide bonds. The fourth-order valence-electron chi connectivity index (χ4n) is 2.11. The van der Waals surface area contributed by atoms with Gasteiger partial charge in [0.05, 0.1) is 26.4 Å². The molecule has 1 aliphatic heterocycles. The van der Waals surface area contributed by atoms with Crippen molar-refractivity contribution in [3.05, 3.63) is 39.5 Å². The van der Waals surface area contributed by atoms with Crippen LogP contribution in [0, 0.1) is 11.6 Å². The number of rotatable bonds is 3. The maximum Gasteiger partial charge on any atom is 0.355 e. The first-order chi connectivity index (χ1) is 10.9. The lowest BCUT2D eigenvalue weighted by molar-refractivity contribution is -0.140. The zero-order valence-corrected chi connectivity index (χ0v) is 13.8. The van der Waals surface area contributed by atoms with Crippen molar-refractivity contribution >= 4 is 33.6 Å². The van der Waals surface area contributed by atoms with Gasteiger partial charge < -0.3 is 19.1 Å². The topological polar surface area (TPSA) is 65.1 Å². The molecule has 124 valence electrons. The van der Waals surface area contributed by atoms with Gasteiger partial charge in [0.2, 0.25) is 0 Å². The predicted octanol–water partition coefficient (Wildman–Crippen LogP) is 2.12. The fourth-order valence-corrected chi connectivity index (χ4v) is 2.51. The van der Waals surface area contributed by atoms with Crippen molar-refractivity contribution < 1.29 is 32.6 Å². The summed E-state index contributed by atoms with van der Waals surface area (Å²) >= 11 is 2.97. The van der Waals surface area contributed by atoms with Crippen LogP contribution in [0.25, 0.3) is 0 Å². The van der Waals surface area contributed by atoms with Crippen molar-refractivity contribution in [1.29, 1.82) is 0 Å². The molecule has 1 aromatic carbocycles. The van der Waals surface area contributed by atoms with Gasteiger partial charge >= 0.3 is 11.9 Å². The van der Waals surface area contributed by atoms with E-state index in [2.05, 4.69) is 25.4 Å². The molecule has 2 rings (SSSR count). The van der Waals surface area contributed by atoms with E-state index in [0.717, 1.165) is 31.3 Å². The van der Waals surface area contributed by atoms with Gasteiger partial charge in [0, 0.05) is 4.47 Å². The average Bonchev–Trinajstić information content (AvgIpc) is 2.52. The van der Waals surface area contributed by atoms with E-state index in [0.29, 0.717) is 0 Å². The monoisotopic (exact) mass is 391 g/mol. The van der Waals surface area contributed by atoms with Gasteiger partial charge in [-0.2, -0.15) is 0 Å². The van der Waals surface area contributed by atoms with Gasteiger partial charge in [0.15, 0.2) is 11.6 Å². The van der Waals surface area contributed by atoms with Crippen LogP contribution in [0.3, 0.4) is 0 Å². The second kappa shape index (κ2) is 7.05. The Bertz CT molecular complexity index is 669. The minimum atomic E-state index is -0.937. The summed E-state index contributed by atoms with van der Waals surface area (Å²) in [5, 5.41) is 0. The van der Waals surface area contributed by atoms with Crippen LogP contribution in [0.1, 0.15) is 0 Å². The summed E-state index contributed by atoms with van der Waals surface area (Å²) in [6.07, 6.45) is 0. The van der Waals surface area contributed by atoms with Crippen molar-refractivity contribution in [2.45, 2.75) is 0 Å². The summed E-state index contributed by atoms with van der Waals surface area (Å²) < 4.78 is 42.9. The number of benzene rings is 1. The van der Waals surface area contributed by atoms with Crippen LogP contribution in [0.5, 0.6) is 0 Å². The zero-order valence-electron chi connectivity index (χ0n) is 12.2. The number of esters is 2. The first kappa shape index (κ1) is 17.4. The predicted molar refractivity (Wildman–Crippen MR) is 78.4 cm³/mol. The molecule has 6 nitrogen and oxygen atoms in total. The van der Waals surface area contributed by atoms with Crippen molar-refractivity contribution in [1.82, 2.24) is 0 Å². The van der Waals surface area contributed by atoms with Crippen molar-refractivity contribution in [3.63, 3.8) is 0 Å². The number of carbonyl (C=O) groups excluding carboxylic acids is 2. The van der Waals surface area contributed by atoms with E-state index >= 15 is 0 Å². The Labute approximate surface area is 138 Å². The molecule has 23 heavy (non-hydrogen) atoms. The first-order valence-corrected chi connectivity index (χ1v) is 7.09. The van der Waals surface area contributed by atoms with Crippen LogP contribution in [-0.2, 0) is 23.8 Å². The Morgan fingerprint density at radius 2 is 1.74 bits per heavy atom. The molecule has 1 heterocycles. The Morgan fingerprint density at radius 1 is 1.17 bits per heavy atom. The lowest BCUT2D eigenvalue weighted by Gasteiger charge is -2.31. The van der Waals surface area contributed by atoms with Crippen molar-refractivity contribution in [2.24, 2.45) is 0 Å². The quantitative estimate of drug-likeness (QED) is 0.735. The molecule has 0 fully saturated rings. The number of hydrogen-bond donors (Lipinski definition) is 0. The SMILES string of the molecule is COC(=O)C1=C(C(=O)OC)N(c2c(F)cc(Br)cc2F)COC1. The van der Waals surface area contributed by atoms with Crippen molar-refractivity contribution in [3.8, 4) is 0 Å². The molecule has 0 saturated heterocycles. The van der Waals surface area contributed by atoms with Crippen LogP contribution in [0.15, 0.2) is 27.9 Å². The third-order valence-corrected chi connectivity index (χ3v) is 3.54. The molecular weight excluding hydrogens is 380 g/mol. The highest BCUT2D eigenvalue weighted by Crippen LogP contribution is 2.32. The van der Waals surface area contributed by atoms with E-state index in [4.69, 9.17) is 4.74 Å². The number of nitrogens with zero attached hydrogens (tertiary/aromatic N) is 1. The number of halogens is 3. The third-order valence-electron chi connectivity index (χ3n) is 3.08. The van der Waals surface area contributed by atoms with E-state index < -0.39 is 29.3 Å². The number of anilines is 1. The molecule has 9 heteroatoms. The fraction of sp³-hybridized carbons (Fsp3) is 0.286. The van der Waals surface area contributed by atoms with Crippen LogP contribution in [0.4, 0.5) is 14.5 Å². The maximum absolute atomic E-state index is 14.2. The standard InChI is InChI=1S/C14H12BrF2NO5/c1-21-13(19)8-5-23-6-18(11(8)14(20)22-2)12-9(16)3-7(15)4-10(12)17/h3-4H,5-6H2,1-2H3. The van der Waals surface area contributed by atoms with Crippen LogP contribution >= 0.6 is 15.9 Å². The molecule has 0 aromatic heterocycles. The van der Waals surface area contributed by atoms with E-state index in [1.807, 2.05) is 0 Å². The van der Waals surface area contributed by atoms with Gasteiger partial charge in [-0.05, 0) is 12.1 Å². The number of hydrogen-bond acceptors (Lipinski definition) is 6. The van der Waals surface area contributed by atoms with E-state index in [9.17, 15) is 18.4 Å². The summed E-state index contributed by atoms with van der Waals surface area (Å²) in [5.41, 5.74) is -1.05. The summed E-state index contributed by atoms with van der Waals surface area (Å²) in [6.45, 7) is -0.576. The number of methoxy groups -OCH3 is 2. The largest absolute Gasteiger partial charge is 0.466 e. The summed E-state index contributed by atoms with van der Waals surface area (Å²) in [6, 6.07) is 2.06. The minimum absolute atomic E-state index is 0.186. The normalized spacial score (nSPS) is 14.7. The van der Waals surface area contributed by atoms with E-state index in [1.165, 1.54) is 0 Å². The lowest BCUT2D eigenvalue weighted by atomic mass is 10.1. The Hall–Kier alpha value is -2.00. The molecule has 1 aliphatic rings. The Kier molecular flexibility index (Phi) is 5.32. The molecule has 0 spiro atoms. The summed E-state index contributed by atoms with van der Waals surface area (Å²) in [4.78, 5) is 24.7. The van der Waals surface area contributed by atoms with Gasteiger partial charge in [0.25, 0.3) is 0 Å². The summed E-state index contributed by atoms with van der Waals surface area (Å²) in [7, 11) is 2.20. The summed E-state index contributed by atoms with van der Waals surface area (Å²) in [5.74, 6) is -3.66. The van der Waals surface area contributed by atoms with Gasteiger partial charge in [-0.3, -0.25) is 0 Å². The molecule has 0 atom stereocenters. The highest BCUT2D eigenvalue weighted by Gasteiger charge is 2.35. The van der Waals surface area contributed by atoms with Gasteiger partial charge in [-0.1, -0.05) is 15.9 Å². The molecule has 0 unspecified atom stereocenters. The minimum Gasteiger partial charge on any atom is -0.466 e. The molecule has 0 radical (unpaired) electrons. The van der Waals surface area contributed by atoms with Gasteiger partial charge in [-0.15, -0.1) is 0 Å². The molecule has 0 bridgehead atoms. The van der Waals surface area contributed by atoms with Crippen LogP contribution in [0.2, 0.25) is 0 Å². The smallest absolute Gasteiger partial charge is 0.355 e. The van der Waals surface area contributed by atoms with Gasteiger partial charge in [0.1, 0.15) is 18.1 Å². The third kappa shape index (κ3) is 3.35. The highest BCUT2D eigenvalue weighted by molar-refractivity contribution is 9.10. The number of ether oxygens (including phenoxy) is 3. The van der Waals surface area contributed by atoms with E-state index in [-0.39, 0.29) is 29.1 Å². The second-order valence-electron chi connectivity index (χ2n) is 4.43. The lowest BCUT2D eigenvalue weighted by Crippen LogP contribution is -2.39. The molecule has 0 saturated carbocycles. The zero-order chi connectivity index (χ0) is 17.1. The van der Waals surface area contributed by atoms with Crippen LogP contribution < -0.4 is 4.90 Å². The molecule has 1 aromatic rings. The number of carbonyl (C=O) groups is 2. The highest BCUT2D eigenvalue weighted by atomic mass is 79.9. The van der Waals surface area contributed by atoms with Crippen molar-refractivity contribution in [2.75, 3.05) is 32.5 Å². The molecule has 0 aliphatic carbocycles. The molecular formula is C14H12BrF2NO5. The van der Waals surface area contributed by atoms with Gasteiger partial charge in [-0.25, -0.2) is 18.4 Å². The first-order valence-electron chi connectivity index (χ1n) is 6.30. The Balaban J connectivity index is 2.65. The molecule has 0 N–H and O–H groups in total. The van der Waals surface area contributed by atoms with E-state index in [1.54, 1.807) is 0 Å².